The molecule has 2 rings (SSSR count). The smallest absolute Gasteiger partial charge is 0.330 e. The van der Waals surface area contributed by atoms with Crippen molar-refractivity contribution in [1.29, 1.82) is 0 Å². The molecule has 1 atom stereocenters. The third-order valence-corrected chi connectivity index (χ3v) is 4.25. The predicted octanol–water partition coefficient (Wildman–Crippen LogP) is 5.22. The van der Waals surface area contributed by atoms with Gasteiger partial charge in [0.1, 0.15) is 11.5 Å². The first-order chi connectivity index (χ1) is 14.1. The van der Waals surface area contributed by atoms with Crippen LogP contribution in [-0.4, -0.2) is 29.9 Å². The van der Waals surface area contributed by atoms with Crippen molar-refractivity contribution < 1.29 is 23.9 Å². The van der Waals surface area contributed by atoms with Crippen LogP contribution in [0.3, 0.4) is 0 Å². The third-order valence-electron chi connectivity index (χ3n) is 4.00. The minimum Gasteiger partial charge on any atom is -0.463 e. The lowest BCUT2D eigenvalue weighted by atomic mass is 9.90. The quantitative estimate of drug-likeness (QED) is 0.261. The number of carbonyl (C=O) groups is 3. The molecule has 5 nitrogen and oxygen atoms in total. The Bertz CT molecular complexity index is 922. The Hall–Kier alpha value is -2.92. The van der Waals surface area contributed by atoms with Crippen LogP contribution in [0.25, 0.3) is 6.08 Å². The number of benzene rings is 2. The normalized spacial score (nSPS) is 12.4. The van der Waals surface area contributed by atoms with Gasteiger partial charge in [-0.2, -0.15) is 0 Å². The summed E-state index contributed by atoms with van der Waals surface area (Å²) in [4.78, 5) is 37.4. The van der Waals surface area contributed by atoms with E-state index in [0.717, 1.165) is 5.56 Å². The van der Waals surface area contributed by atoms with Gasteiger partial charge in [-0.15, -0.1) is 0 Å². The standard InChI is InChI=1S/C24H25ClO5/c1-5-29-20(26)15-8-16-6-9-18(10-7-16)22(27)21(23(28)30-24(2,3)4)17-11-13-19(25)14-12-17/h6-15,21H,5H2,1-4H3/b15-8+. The highest BCUT2D eigenvalue weighted by molar-refractivity contribution is 6.30. The lowest BCUT2D eigenvalue weighted by molar-refractivity contribution is -0.155. The summed E-state index contributed by atoms with van der Waals surface area (Å²) in [6, 6.07) is 13.2. The Morgan fingerprint density at radius 1 is 1.00 bits per heavy atom. The number of rotatable bonds is 7. The van der Waals surface area contributed by atoms with Crippen LogP contribution in [0.15, 0.2) is 54.6 Å². The van der Waals surface area contributed by atoms with Crippen molar-refractivity contribution in [2.75, 3.05) is 6.61 Å². The van der Waals surface area contributed by atoms with E-state index in [4.69, 9.17) is 21.1 Å². The molecule has 6 heteroatoms. The van der Waals surface area contributed by atoms with Gasteiger partial charge in [0.05, 0.1) is 6.61 Å². The average molecular weight is 429 g/mol. The van der Waals surface area contributed by atoms with E-state index in [-0.39, 0.29) is 5.78 Å². The number of ether oxygens (including phenoxy) is 2. The van der Waals surface area contributed by atoms with Gasteiger partial charge in [-0.05, 0) is 57.0 Å². The highest BCUT2D eigenvalue weighted by Crippen LogP contribution is 2.26. The van der Waals surface area contributed by atoms with Crippen LogP contribution in [0.2, 0.25) is 5.02 Å². The molecule has 0 amide bonds. The third kappa shape index (κ3) is 6.85. The molecular weight excluding hydrogens is 404 g/mol. The van der Waals surface area contributed by atoms with Crippen molar-refractivity contribution >= 4 is 35.4 Å². The van der Waals surface area contributed by atoms with Crippen molar-refractivity contribution in [3.8, 4) is 0 Å². The number of hydrogen-bond acceptors (Lipinski definition) is 5. The Labute approximate surface area is 181 Å². The predicted molar refractivity (Wildman–Crippen MR) is 116 cm³/mol. The van der Waals surface area contributed by atoms with Crippen LogP contribution in [0, 0.1) is 0 Å². The topological polar surface area (TPSA) is 69.7 Å². The van der Waals surface area contributed by atoms with Gasteiger partial charge in [-0.25, -0.2) is 4.79 Å². The van der Waals surface area contributed by atoms with Crippen LogP contribution in [0.4, 0.5) is 0 Å². The second kappa shape index (κ2) is 10.2. The van der Waals surface area contributed by atoms with Crippen LogP contribution >= 0.6 is 11.6 Å². The first-order valence-corrected chi connectivity index (χ1v) is 9.96. The summed E-state index contributed by atoms with van der Waals surface area (Å²) in [5.41, 5.74) is 0.850. The molecule has 0 saturated heterocycles. The molecule has 0 aromatic heterocycles. The number of Topliss-reactive ketones (excluding diaryl/α,β-unsaturated/α-hetero) is 1. The molecule has 0 bridgehead atoms. The molecule has 2 aromatic carbocycles. The molecule has 30 heavy (non-hydrogen) atoms. The van der Waals surface area contributed by atoms with Gasteiger partial charge in [-0.1, -0.05) is 48.0 Å². The second-order valence-electron chi connectivity index (χ2n) is 7.59. The first kappa shape index (κ1) is 23.4. The maximum atomic E-state index is 13.2. The Morgan fingerprint density at radius 3 is 2.13 bits per heavy atom. The molecule has 0 aliphatic carbocycles. The van der Waals surface area contributed by atoms with Crippen molar-refractivity contribution in [2.45, 2.75) is 39.2 Å². The van der Waals surface area contributed by atoms with Crippen LogP contribution in [0.1, 0.15) is 55.1 Å². The largest absolute Gasteiger partial charge is 0.463 e. The average Bonchev–Trinajstić information content (AvgIpc) is 2.67. The van der Waals surface area contributed by atoms with Gasteiger partial charge in [0.25, 0.3) is 0 Å². The van der Waals surface area contributed by atoms with Gasteiger partial charge in [0, 0.05) is 16.7 Å². The Balaban J connectivity index is 2.30. The number of carbonyl (C=O) groups excluding carboxylic acids is 3. The minimum atomic E-state index is -1.11. The molecule has 0 aliphatic rings. The van der Waals surface area contributed by atoms with E-state index in [2.05, 4.69) is 0 Å². The molecular formula is C24H25ClO5. The molecule has 0 fully saturated rings. The van der Waals surface area contributed by atoms with Crippen molar-refractivity contribution in [3.63, 3.8) is 0 Å². The molecule has 0 heterocycles. The van der Waals surface area contributed by atoms with Crippen LogP contribution in [0.5, 0.6) is 0 Å². The van der Waals surface area contributed by atoms with E-state index in [9.17, 15) is 14.4 Å². The highest BCUT2D eigenvalue weighted by Gasteiger charge is 2.33. The van der Waals surface area contributed by atoms with Gasteiger partial charge >= 0.3 is 11.9 Å². The lowest BCUT2D eigenvalue weighted by Crippen LogP contribution is -2.31. The van der Waals surface area contributed by atoms with Crippen molar-refractivity contribution in [3.05, 3.63) is 76.3 Å². The fourth-order valence-corrected chi connectivity index (χ4v) is 2.82. The summed E-state index contributed by atoms with van der Waals surface area (Å²) in [6.07, 6.45) is 2.91. The molecule has 0 saturated carbocycles. The summed E-state index contributed by atoms with van der Waals surface area (Å²) in [6.45, 7) is 7.28. The zero-order chi connectivity index (χ0) is 22.3. The van der Waals surface area contributed by atoms with Gasteiger partial charge < -0.3 is 9.47 Å². The molecule has 0 radical (unpaired) electrons. The number of esters is 2. The molecule has 0 aliphatic heterocycles. The van der Waals surface area contributed by atoms with Crippen molar-refractivity contribution in [1.82, 2.24) is 0 Å². The number of ketones is 1. The molecule has 1 unspecified atom stereocenters. The first-order valence-electron chi connectivity index (χ1n) is 9.58. The monoisotopic (exact) mass is 428 g/mol. The lowest BCUT2D eigenvalue weighted by Gasteiger charge is -2.23. The fraction of sp³-hybridized carbons (Fsp3) is 0.292. The highest BCUT2D eigenvalue weighted by atomic mass is 35.5. The summed E-state index contributed by atoms with van der Waals surface area (Å²) in [5.74, 6) is -2.55. The summed E-state index contributed by atoms with van der Waals surface area (Å²) in [7, 11) is 0. The summed E-state index contributed by atoms with van der Waals surface area (Å²) >= 11 is 5.95. The van der Waals surface area contributed by atoms with Gasteiger partial charge in [0.2, 0.25) is 0 Å². The fourth-order valence-electron chi connectivity index (χ4n) is 2.69. The summed E-state index contributed by atoms with van der Waals surface area (Å²) in [5, 5.41) is 0.506. The SMILES string of the molecule is CCOC(=O)/C=C/c1ccc(C(=O)C(C(=O)OC(C)(C)C)c2ccc(Cl)cc2)cc1. The molecule has 158 valence electrons. The second-order valence-corrected chi connectivity index (χ2v) is 8.03. The summed E-state index contributed by atoms with van der Waals surface area (Å²) < 4.78 is 10.3. The van der Waals surface area contributed by atoms with E-state index in [0.29, 0.717) is 22.8 Å². The maximum Gasteiger partial charge on any atom is 0.330 e. The van der Waals surface area contributed by atoms with Crippen LogP contribution < -0.4 is 0 Å². The number of halogens is 1. The van der Waals surface area contributed by atoms with Gasteiger partial charge in [0.15, 0.2) is 5.78 Å². The van der Waals surface area contributed by atoms with E-state index in [1.54, 1.807) is 82.3 Å². The number of hydrogen-bond donors (Lipinski definition) is 0. The maximum absolute atomic E-state index is 13.2. The zero-order valence-corrected chi connectivity index (χ0v) is 18.2. The Kier molecular flexibility index (Phi) is 7.95. The molecule has 0 spiro atoms. The molecule has 2 aromatic rings. The van der Waals surface area contributed by atoms with E-state index < -0.39 is 23.5 Å². The van der Waals surface area contributed by atoms with Gasteiger partial charge in [-0.3, -0.25) is 9.59 Å². The van der Waals surface area contributed by atoms with E-state index in [1.807, 2.05) is 0 Å². The van der Waals surface area contributed by atoms with E-state index in [1.165, 1.54) is 6.08 Å². The minimum absolute atomic E-state index is 0.299. The van der Waals surface area contributed by atoms with Crippen molar-refractivity contribution in [2.24, 2.45) is 0 Å². The van der Waals surface area contributed by atoms with E-state index >= 15 is 0 Å². The van der Waals surface area contributed by atoms with Crippen LogP contribution in [-0.2, 0) is 19.1 Å². The molecule has 0 N–H and O–H groups in total. The Morgan fingerprint density at radius 2 is 1.60 bits per heavy atom. The zero-order valence-electron chi connectivity index (χ0n) is 17.5.